The van der Waals surface area contributed by atoms with E-state index in [0.717, 1.165) is 59.6 Å². The molecule has 0 unspecified atom stereocenters. The van der Waals surface area contributed by atoms with E-state index in [9.17, 15) is 0 Å². The Bertz CT molecular complexity index is 3110. The van der Waals surface area contributed by atoms with Gasteiger partial charge < -0.3 is 4.42 Å². The molecule has 0 N–H and O–H groups in total. The zero-order valence-corrected chi connectivity index (χ0v) is 33.2. The molecule has 7 aromatic carbocycles. The molecule has 4 nitrogen and oxygen atoms in total. The molecule has 0 aliphatic heterocycles. The summed E-state index contributed by atoms with van der Waals surface area (Å²) in [6, 6.07) is 44.0. The Hall–Kier alpha value is -5.78. The summed E-state index contributed by atoms with van der Waals surface area (Å²) in [5, 5.41) is 8.18. The average Bonchev–Trinajstić information content (AvgIpc) is 3.90. The van der Waals surface area contributed by atoms with Crippen LogP contribution in [-0.2, 0) is 5.41 Å². The van der Waals surface area contributed by atoms with Crippen LogP contribution in [-0.4, -0.2) is 14.5 Å². The Morgan fingerprint density at radius 1 is 0.600 bits per heavy atom. The van der Waals surface area contributed by atoms with Crippen molar-refractivity contribution in [3.05, 3.63) is 137 Å². The van der Waals surface area contributed by atoms with E-state index in [1.807, 2.05) is 0 Å². The highest BCUT2D eigenvalue weighted by Gasteiger charge is 2.28. The van der Waals surface area contributed by atoms with E-state index in [2.05, 4.69) is 174 Å². The molecule has 3 aromatic heterocycles. The highest BCUT2D eigenvalue weighted by atomic mass is 32.1. The lowest BCUT2D eigenvalue weighted by atomic mass is 9.88. The summed E-state index contributed by atoms with van der Waals surface area (Å²) >= 11 is 1.79. The van der Waals surface area contributed by atoms with Crippen molar-refractivity contribution in [1.82, 2.24) is 14.5 Å². The van der Waals surface area contributed by atoms with Gasteiger partial charge in [0.25, 0.3) is 0 Å². The van der Waals surface area contributed by atoms with Crippen LogP contribution in [0, 0.1) is 0 Å². The second-order valence-electron chi connectivity index (χ2n) is 16.6. The first kappa shape index (κ1) is 33.8. The van der Waals surface area contributed by atoms with Crippen LogP contribution in [0.3, 0.4) is 0 Å². The monoisotopic (exact) mass is 733 g/mol. The fraction of sp³-hybridized carbons (Fsp3) is 0.200. The van der Waals surface area contributed by atoms with Crippen LogP contribution in [0.1, 0.15) is 76.4 Å². The molecule has 0 spiro atoms. The second-order valence-corrected chi connectivity index (χ2v) is 17.6. The van der Waals surface area contributed by atoms with Crippen molar-refractivity contribution in [2.75, 3.05) is 0 Å². The van der Waals surface area contributed by atoms with Crippen LogP contribution in [0.4, 0.5) is 0 Å². The second kappa shape index (κ2) is 12.4. The lowest BCUT2D eigenvalue weighted by molar-refractivity contribution is 0.587. The Morgan fingerprint density at radius 2 is 1.29 bits per heavy atom. The summed E-state index contributed by atoms with van der Waals surface area (Å²) in [5.41, 5.74) is 11.9. The molecule has 10 aromatic rings. The first-order valence-corrected chi connectivity index (χ1v) is 20.2. The number of imidazole rings is 1. The van der Waals surface area contributed by atoms with E-state index in [-0.39, 0.29) is 17.3 Å². The molecule has 0 amide bonds. The fourth-order valence-electron chi connectivity index (χ4n) is 8.35. The van der Waals surface area contributed by atoms with Crippen molar-refractivity contribution >= 4 is 76.1 Å². The van der Waals surface area contributed by atoms with E-state index in [1.54, 1.807) is 11.3 Å². The Balaban J connectivity index is 1.33. The van der Waals surface area contributed by atoms with Gasteiger partial charge in [-0.25, -0.2) is 9.97 Å². The van der Waals surface area contributed by atoms with Crippen molar-refractivity contribution < 1.29 is 4.42 Å². The third-order valence-corrected chi connectivity index (χ3v) is 12.7. The number of rotatable bonds is 5. The number of fused-ring (bicyclic) bond motifs is 9. The number of hydrogen-bond acceptors (Lipinski definition) is 4. The first-order valence-electron chi connectivity index (χ1n) is 19.4. The molecule has 0 aliphatic carbocycles. The predicted molar refractivity (Wildman–Crippen MR) is 234 cm³/mol. The largest absolute Gasteiger partial charge is 0.455 e. The van der Waals surface area contributed by atoms with Crippen molar-refractivity contribution in [2.24, 2.45) is 0 Å². The fourth-order valence-corrected chi connectivity index (χ4v) is 9.51. The molecular formula is C50H43N3OS. The molecule has 3 heterocycles. The SMILES string of the molecule is CC(C)c1cc(-c2ccccc2)cc(C(C)C)c1-n1c(-c2cccc3c2oc2cc4c(ccc5ccccc54)cc23)nc2ccc3nc(C(C)(C)C)sc3c21. The van der Waals surface area contributed by atoms with Crippen LogP contribution in [0.15, 0.2) is 126 Å². The van der Waals surface area contributed by atoms with Crippen molar-refractivity contribution in [1.29, 1.82) is 0 Å². The zero-order valence-electron chi connectivity index (χ0n) is 32.4. The van der Waals surface area contributed by atoms with E-state index in [4.69, 9.17) is 14.4 Å². The number of nitrogens with zero attached hydrogens (tertiary/aromatic N) is 3. The summed E-state index contributed by atoms with van der Waals surface area (Å²) in [6.45, 7) is 16.0. The topological polar surface area (TPSA) is 43.9 Å². The molecule has 55 heavy (non-hydrogen) atoms. The van der Waals surface area contributed by atoms with Gasteiger partial charge in [0, 0.05) is 16.2 Å². The molecule has 0 fully saturated rings. The van der Waals surface area contributed by atoms with Gasteiger partial charge in [0.05, 0.1) is 37.5 Å². The van der Waals surface area contributed by atoms with Gasteiger partial charge in [-0.15, -0.1) is 11.3 Å². The maximum atomic E-state index is 6.99. The van der Waals surface area contributed by atoms with Gasteiger partial charge in [0.2, 0.25) is 0 Å². The molecule has 5 heteroatoms. The molecule has 10 rings (SSSR count). The number of hydrogen-bond donors (Lipinski definition) is 0. The number of aromatic nitrogens is 3. The minimum atomic E-state index is -0.0814. The minimum Gasteiger partial charge on any atom is -0.455 e. The number of benzene rings is 7. The van der Waals surface area contributed by atoms with Crippen molar-refractivity contribution in [3.63, 3.8) is 0 Å². The highest BCUT2D eigenvalue weighted by Crippen LogP contribution is 2.46. The molecular weight excluding hydrogens is 691 g/mol. The number of para-hydroxylation sites is 1. The molecule has 0 radical (unpaired) electrons. The Labute approximate surface area is 325 Å². The molecule has 0 saturated heterocycles. The smallest absolute Gasteiger partial charge is 0.149 e. The average molecular weight is 734 g/mol. The standard InChI is InChI=1S/C50H43N3OS/c1-28(2)37-25-33(30-14-9-8-10-15-30)26-38(29(3)4)44(37)53-45-41(22-23-42-47(45)55-49(52-42)50(5,6)7)51-48(53)36-19-13-18-35-40-24-32-21-20-31-16-11-12-17-34(31)39(32)27-43(40)54-46(35)36/h8-29H,1-7H3. The van der Waals surface area contributed by atoms with Gasteiger partial charge in [0.15, 0.2) is 0 Å². The minimum absolute atomic E-state index is 0.0814. The maximum Gasteiger partial charge on any atom is 0.149 e. The number of furan rings is 1. The quantitative estimate of drug-likeness (QED) is 0.165. The summed E-state index contributed by atoms with van der Waals surface area (Å²) < 4.78 is 10.6. The van der Waals surface area contributed by atoms with Crippen molar-refractivity contribution in [3.8, 4) is 28.2 Å². The van der Waals surface area contributed by atoms with Gasteiger partial charge in [-0.1, -0.05) is 127 Å². The molecule has 0 saturated carbocycles. The third-order valence-electron chi connectivity index (χ3n) is 11.2. The highest BCUT2D eigenvalue weighted by molar-refractivity contribution is 7.19. The first-order chi connectivity index (χ1) is 26.5. The summed E-state index contributed by atoms with van der Waals surface area (Å²) in [6.07, 6.45) is 0. The van der Waals surface area contributed by atoms with Crippen LogP contribution < -0.4 is 0 Å². The van der Waals surface area contributed by atoms with Gasteiger partial charge >= 0.3 is 0 Å². The number of thiazole rings is 1. The lowest BCUT2D eigenvalue weighted by Gasteiger charge is -2.24. The van der Waals surface area contributed by atoms with Gasteiger partial charge in [0.1, 0.15) is 17.0 Å². The van der Waals surface area contributed by atoms with Crippen LogP contribution in [0.25, 0.3) is 92.9 Å². The normalized spacial score (nSPS) is 12.6. The zero-order chi connectivity index (χ0) is 37.7. The van der Waals surface area contributed by atoms with E-state index >= 15 is 0 Å². The van der Waals surface area contributed by atoms with Gasteiger partial charge in [-0.05, 0) is 98.1 Å². The molecule has 270 valence electrons. The molecule has 0 bridgehead atoms. The van der Waals surface area contributed by atoms with Crippen molar-refractivity contribution in [2.45, 2.75) is 65.7 Å². The lowest BCUT2D eigenvalue weighted by Crippen LogP contribution is -2.09. The van der Waals surface area contributed by atoms with Crippen LogP contribution in [0.2, 0.25) is 0 Å². The third kappa shape index (κ3) is 5.31. The van der Waals surface area contributed by atoms with Crippen LogP contribution in [0.5, 0.6) is 0 Å². The molecule has 0 aliphatic rings. The van der Waals surface area contributed by atoms with Crippen LogP contribution >= 0.6 is 11.3 Å². The van der Waals surface area contributed by atoms with E-state index in [1.165, 1.54) is 49.5 Å². The Kier molecular flexibility index (Phi) is 7.60. The Morgan fingerprint density at radius 3 is 2.04 bits per heavy atom. The predicted octanol–water partition coefficient (Wildman–Crippen LogP) is 14.7. The van der Waals surface area contributed by atoms with Gasteiger partial charge in [-0.3, -0.25) is 4.57 Å². The molecule has 0 atom stereocenters. The summed E-state index contributed by atoms with van der Waals surface area (Å²) in [5.74, 6) is 1.37. The summed E-state index contributed by atoms with van der Waals surface area (Å²) in [4.78, 5) is 10.8. The maximum absolute atomic E-state index is 6.99. The summed E-state index contributed by atoms with van der Waals surface area (Å²) in [7, 11) is 0. The van der Waals surface area contributed by atoms with E-state index < -0.39 is 0 Å². The van der Waals surface area contributed by atoms with E-state index in [0.29, 0.717) is 0 Å². The van der Waals surface area contributed by atoms with Gasteiger partial charge in [-0.2, -0.15) is 0 Å².